The third-order valence-electron chi connectivity index (χ3n) is 3.31. The van der Waals surface area contributed by atoms with Crippen LogP contribution in [0.4, 0.5) is 0 Å². The van der Waals surface area contributed by atoms with E-state index in [-0.39, 0.29) is 24.0 Å². The largest absolute Gasteiger partial charge is 0.378 e. The van der Waals surface area contributed by atoms with Gasteiger partial charge in [0, 0.05) is 13.6 Å². The van der Waals surface area contributed by atoms with Crippen LogP contribution in [0, 0.1) is 6.92 Å². The molecule has 1 aliphatic heterocycles. The van der Waals surface area contributed by atoms with E-state index in [1.165, 1.54) is 11.4 Å². The standard InChI is InChI=1S/C13H18N2O4S/c1-10-5-3-4-6-12(10)20(17,18)15-7-8-19-9-11(15)13(16)14-2/h3-6,11H,7-9H2,1-2H3,(H,14,16). The number of ether oxygens (including phenoxy) is 1. The van der Waals surface area contributed by atoms with Gasteiger partial charge in [0.05, 0.1) is 18.1 Å². The highest BCUT2D eigenvalue weighted by molar-refractivity contribution is 7.89. The molecule has 0 spiro atoms. The first-order chi connectivity index (χ1) is 9.48. The zero-order valence-corrected chi connectivity index (χ0v) is 12.3. The van der Waals surface area contributed by atoms with Gasteiger partial charge in [-0.15, -0.1) is 0 Å². The van der Waals surface area contributed by atoms with E-state index < -0.39 is 16.1 Å². The molecule has 7 heteroatoms. The molecule has 1 heterocycles. The molecule has 0 saturated carbocycles. The maximum atomic E-state index is 12.7. The van der Waals surface area contributed by atoms with Crippen molar-refractivity contribution in [3.63, 3.8) is 0 Å². The van der Waals surface area contributed by atoms with E-state index in [2.05, 4.69) is 5.32 Å². The molecule has 1 saturated heterocycles. The van der Waals surface area contributed by atoms with Crippen LogP contribution in [0.15, 0.2) is 29.2 Å². The number of hydrogen-bond donors (Lipinski definition) is 1. The van der Waals surface area contributed by atoms with Crippen molar-refractivity contribution < 1.29 is 17.9 Å². The van der Waals surface area contributed by atoms with E-state index in [9.17, 15) is 13.2 Å². The van der Waals surface area contributed by atoms with E-state index in [0.717, 1.165) is 0 Å². The lowest BCUT2D eigenvalue weighted by molar-refractivity contribution is -0.128. The number of carbonyl (C=O) groups excluding carboxylic acids is 1. The first-order valence-corrected chi connectivity index (χ1v) is 7.79. The minimum absolute atomic E-state index is 0.0742. The third-order valence-corrected chi connectivity index (χ3v) is 5.38. The zero-order chi connectivity index (χ0) is 14.8. The molecular formula is C13H18N2O4S. The molecule has 1 N–H and O–H groups in total. The number of nitrogens with zero attached hydrogens (tertiary/aromatic N) is 1. The molecular weight excluding hydrogens is 280 g/mol. The van der Waals surface area contributed by atoms with Crippen molar-refractivity contribution in [1.82, 2.24) is 9.62 Å². The summed E-state index contributed by atoms with van der Waals surface area (Å²) in [6, 6.07) is 5.93. The van der Waals surface area contributed by atoms with Crippen molar-refractivity contribution in [2.24, 2.45) is 0 Å². The SMILES string of the molecule is CNC(=O)C1COCCN1S(=O)(=O)c1ccccc1C. The van der Waals surface area contributed by atoms with Gasteiger partial charge < -0.3 is 10.1 Å². The number of carbonyl (C=O) groups is 1. The number of likely N-dealkylation sites (N-methyl/N-ethyl adjacent to an activating group) is 1. The zero-order valence-electron chi connectivity index (χ0n) is 11.5. The fourth-order valence-corrected chi connectivity index (χ4v) is 4.01. The predicted octanol–water partition coefficient (Wildman–Crippen LogP) is 0.131. The Balaban J connectivity index is 2.41. The second-order valence-electron chi connectivity index (χ2n) is 4.59. The van der Waals surface area contributed by atoms with Crippen molar-refractivity contribution >= 4 is 15.9 Å². The van der Waals surface area contributed by atoms with Crippen molar-refractivity contribution in [2.45, 2.75) is 17.9 Å². The first-order valence-electron chi connectivity index (χ1n) is 6.35. The van der Waals surface area contributed by atoms with E-state index in [4.69, 9.17) is 4.74 Å². The van der Waals surface area contributed by atoms with Gasteiger partial charge >= 0.3 is 0 Å². The van der Waals surface area contributed by atoms with Crippen LogP contribution in [0.3, 0.4) is 0 Å². The summed E-state index contributed by atoms with van der Waals surface area (Å²) in [4.78, 5) is 12.1. The van der Waals surface area contributed by atoms with Gasteiger partial charge in [-0.25, -0.2) is 8.42 Å². The molecule has 1 unspecified atom stereocenters. The highest BCUT2D eigenvalue weighted by Crippen LogP contribution is 2.23. The lowest BCUT2D eigenvalue weighted by Gasteiger charge is -2.33. The van der Waals surface area contributed by atoms with Crippen molar-refractivity contribution in [3.05, 3.63) is 29.8 Å². The first kappa shape index (κ1) is 15.0. The smallest absolute Gasteiger partial charge is 0.244 e. The topological polar surface area (TPSA) is 75.7 Å². The molecule has 1 aromatic carbocycles. The highest BCUT2D eigenvalue weighted by Gasteiger charge is 2.38. The Morgan fingerprint density at radius 1 is 1.40 bits per heavy atom. The third kappa shape index (κ3) is 2.70. The number of aryl methyl sites for hydroxylation is 1. The molecule has 1 amide bonds. The van der Waals surface area contributed by atoms with Gasteiger partial charge in [0.15, 0.2) is 0 Å². The second-order valence-corrected chi connectivity index (χ2v) is 6.45. The summed E-state index contributed by atoms with van der Waals surface area (Å²) in [5, 5.41) is 2.48. The molecule has 0 bridgehead atoms. The maximum Gasteiger partial charge on any atom is 0.244 e. The normalized spacial score (nSPS) is 20.6. The molecule has 1 atom stereocenters. The van der Waals surface area contributed by atoms with Crippen molar-refractivity contribution in [2.75, 3.05) is 26.8 Å². The summed E-state index contributed by atoms with van der Waals surface area (Å²) in [7, 11) is -2.22. The van der Waals surface area contributed by atoms with Crippen LogP contribution in [0.1, 0.15) is 5.56 Å². The van der Waals surface area contributed by atoms with Gasteiger partial charge in [-0.2, -0.15) is 4.31 Å². The molecule has 6 nitrogen and oxygen atoms in total. The fourth-order valence-electron chi connectivity index (χ4n) is 2.22. The summed E-state index contributed by atoms with van der Waals surface area (Å²) in [6.45, 7) is 2.28. The monoisotopic (exact) mass is 298 g/mol. The number of nitrogens with one attached hydrogen (secondary N) is 1. The van der Waals surface area contributed by atoms with Crippen molar-refractivity contribution in [3.8, 4) is 0 Å². The van der Waals surface area contributed by atoms with Crippen LogP contribution in [0.25, 0.3) is 0 Å². The molecule has 20 heavy (non-hydrogen) atoms. The molecule has 0 aliphatic carbocycles. The summed E-state index contributed by atoms with van der Waals surface area (Å²) in [5.74, 6) is -0.359. The van der Waals surface area contributed by atoms with Crippen LogP contribution < -0.4 is 5.32 Å². The van der Waals surface area contributed by atoms with Gasteiger partial charge in [-0.1, -0.05) is 18.2 Å². The van der Waals surface area contributed by atoms with Crippen LogP contribution in [-0.2, 0) is 19.6 Å². The summed E-state index contributed by atoms with van der Waals surface area (Å²) < 4.78 is 31.9. The molecule has 110 valence electrons. The van der Waals surface area contributed by atoms with Gasteiger partial charge in [-0.05, 0) is 18.6 Å². The second kappa shape index (κ2) is 5.90. The van der Waals surface area contributed by atoms with Crippen LogP contribution in [0.2, 0.25) is 0 Å². The number of rotatable bonds is 3. The number of benzene rings is 1. The molecule has 2 rings (SSSR count). The quantitative estimate of drug-likeness (QED) is 0.860. The van der Waals surface area contributed by atoms with Gasteiger partial charge in [0.1, 0.15) is 6.04 Å². The Kier molecular flexibility index (Phi) is 4.42. The van der Waals surface area contributed by atoms with Gasteiger partial charge in [0.25, 0.3) is 0 Å². The molecule has 1 aliphatic rings. The Bertz CT molecular complexity index is 600. The average molecular weight is 298 g/mol. The molecule has 0 radical (unpaired) electrons. The molecule has 0 aromatic heterocycles. The fraction of sp³-hybridized carbons (Fsp3) is 0.462. The lowest BCUT2D eigenvalue weighted by atomic mass is 10.2. The van der Waals surface area contributed by atoms with E-state index in [1.54, 1.807) is 31.2 Å². The summed E-state index contributed by atoms with van der Waals surface area (Å²) >= 11 is 0. The number of morpholine rings is 1. The van der Waals surface area contributed by atoms with E-state index in [0.29, 0.717) is 12.2 Å². The number of sulfonamides is 1. The Morgan fingerprint density at radius 2 is 2.10 bits per heavy atom. The summed E-state index contributed by atoms with van der Waals surface area (Å²) in [5.41, 5.74) is 0.662. The number of amides is 1. The number of hydrogen-bond acceptors (Lipinski definition) is 4. The van der Waals surface area contributed by atoms with E-state index >= 15 is 0 Å². The van der Waals surface area contributed by atoms with Crippen LogP contribution in [0.5, 0.6) is 0 Å². The Labute approximate surface area is 118 Å². The highest BCUT2D eigenvalue weighted by atomic mass is 32.2. The maximum absolute atomic E-state index is 12.7. The Morgan fingerprint density at radius 3 is 2.75 bits per heavy atom. The minimum atomic E-state index is -3.70. The molecule has 1 aromatic rings. The lowest BCUT2D eigenvalue weighted by Crippen LogP contribution is -2.55. The average Bonchev–Trinajstić information content (AvgIpc) is 2.46. The summed E-state index contributed by atoms with van der Waals surface area (Å²) in [6.07, 6.45) is 0. The van der Waals surface area contributed by atoms with E-state index in [1.807, 2.05) is 0 Å². The predicted molar refractivity (Wildman–Crippen MR) is 73.7 cm³/mol. The van der Waals surface area contributed by atoms with Crippen LogP contribution in [-0.4, -0.2) is 51.5 Å². The molecule has 1 fully saturated rings. The van der Waals surface area contributed by atoms with Crippen LogP contribution >= 0.6 is 0 Å². The Hall–Kier alpha value is -1.44. The van der Waals surface area contributed by atoms with Crippen molar-refractivity contribution in [1.29, 1.82) is 0 Å². The van der Waals surface area contributed by atoms with Gasteiger partial charge in [-0.3, -0.25) is 4.79 Å². The van der Waals surface area contributed by atoms with Gasteiger partial charge in [0.2, 0.25) is 15.9 Å². The minimum Gasteiger partial charge on any atom is -0.378 e.